The Labute approximate surface area is 150 Å². The fourth-order valence-corrected chi connectivity index (χ4v) is 3.63. The number of benzene rings is 2. The van der Waals surface area contributed by atoms with Crippen molar-refractivity contribution in [1.29, 1.82) is 0 Å². The van der Waals surface area contributed by atoms with E-state index in [1.54, 1.807) is 21.3 Å². The van der Waals surface area contributed by atoms with E-state index < -0.39 is 0 Å². The van der Waals surface area contributed by atoms with Crippen LogP contribution in [0.3, 0.4) is 0 Å². The molecule has 0 saturated carbocycles. The minimum Gasteiger partial charge on any atom is -0.497 e. The quantitative estimate of drug-likeness (QED) is 0.822. The van der Waals surface area contributed by atoms with E-state index >= 15 is 0 Å². The Bertz CT molecular complexity index is 738. The zero-order valence-electron chi connectivity index (χ0n) is 15.8. The van der Waals surface area contributed by atoms with Crippen molar-refractivity contribution in [1.82, 2.24) is 4.90 Å². The van der Waals surface area contributed by atoms with Gasteiger partial charge in [0.05, 0.1) is 21.3 Å². The molecular formula is C21H27NO3. The number of methoxy groups -OCH3 is 3. The van der Waals surface area contributed by atoms with Crippen LogP contribution in [-0.2, 0) is 18.5 Å². The Hall–Kier alpha value is -2.20. The molecule has 2 aromatic carbocycles. The van der Waals surface area contributed by atoms with E-state index in [-0.39, 0.29) is 5.54 Å². The van der Waals surface area contributed by atoms with Crippen LogP contribution in [0.25, 0.3) is 0 Å². The Balaban J connectivity index is 1.89. The van der Waals surface area contributed by atoms with Gasteiger partial charge in [0.15, 0.2) is 11.5 Å². The molecule has 2 aromatic rings. The maximum absolute atomic E-state index is 5.52. The summed E-state index contributed by atoms with van der Waals surface area (Å²) in [4.78, 5) is 2.52. The molecule has 3 rings (SSSR count). The summed E-state index contributed by atoms with van der Waals surface area (Å²) in [6.45, 7) is 6.48. The highest BCUT2D eigenvalue weighted by atomic mass is 16.5. The topological polar surface area (TPSA) is 30.9 Å². The van der Waals surface area contributed by atoms with Crippen molar-refractivity contribution in [2.75, 3.05) is 27.9 Å². The molecule has 25 heavy (non-hydrogen) atoms. The predicted molar refractivity (Wildman–Crippen MR) is 99.7 cm³/mol. The maximum atomic E-state index is 5.52. The Morgan fingerprint density at radius 3 is 2.16 bits per heavy atom. The van der Waals surface area contributed by atoms with Crippen molar-refractivity contribution >= 4 is 0 Å². The third-order valence-electron chi connectivity index (χ3n) is 5.24. The summed E-state index contributed by atoms with van der Waals surface area (Å²) in [5, 5.41) is 0. The fourth-order valence-electron chi connectivity index (χ4n) is 3.63. The lowest BCUT2D eigenvalue weighted by Gasteiger charge is -2.44. The molecule has 0 spiro atoms. The van der Waals surface area contributed by atoms with Gasteiger partial charge in [-0.3, -0.25) is 4.90 Å². The van der Waals surface area contributed by atoms with Gasteiger partial charge in [-0.25, -0.2) is 0 Å². The number of fused-ring (bicyclic) bond motifs is 1. The molecule has 0 atom stereocenters. The van der Waals surface area contributed by atoms with E-state index in [1.165, 1.54) is 16.7 Å². The number of nitrogens with zero attached hydrogens (tertiary/aromatic N) is 1. The van der Waals surface area contributed by atoms with E-state index in [2.05, 4.69) is 43.0 Å². The molecule has 0 unspecified atom stereocenters. The molecule has 0 amide bonds. The van der Waals surface area contributed by atoms with Gasteiger partial charge >= 0.3 is 0 Å². The fraction of sp³-hybridized carbons (Fsp3) is 0.429. The highest BCUT2D eigenvalue weighted by Crippen LogP contribution is 2.41. The number of ether oxygens (including phenoxy) is 3. The van der Waals surface area contributed by atoms with Crippen LogP contribution in [-0.4, -0.2) is 32.8 Å². The first-order valence-electron chi connectivity index (χ1n) is 8.63. The third-order valence-corrected chi connectivity index (χ3v) is 5.24. The van der Waals surface area contributed by atoms with Crippen LogP contribution in [0, 0.1) is 0 Å². The third kappa shape index (κ3) is 3.31. The highest BCUT2D eigenvalue weighted by molar-refractivity contribution is 5.50. The average Bonchev–Trinajstić information content (AvgIpc) is 2.63. The summed E-state index contributed by atoms with van der Waals surface area (Å²) in [7, 11) is 5.07. The largest absolute Gasteiger partial charge is 0.497 e. The van der Waals surface area contributed by atoms with Crippen LogP contribution in [0.15, 0.2) is 36.4 Å². The summed E-state index contributed by atoms with van der Waals surface area (Å²) in [6, 6.07) is 12.6. The van der Waals surface area contributed by atoms with Gasteiger partial charge in [-0.2, -0.15) is 0 Å². The molecule has 0 aliphatic carbocycles. The summed E-state index contributed by atoms with van der Waals surface area (Å²) in [6.07, 6.45) is 1.01. The number of hydrogen-bond donors (Lipinski definition) is 0. The molecule has 0 saturated heterocycles. The van der Waals surface area contributed by atoms with Crippen molar-refractivity contribution in [3.05, 3.63) is 53.1 Å². The van der Waals surface area contributed by atoms with Crippen molar-refractivity contribution in [3.8, 4) is 17.2 Å². The second-order valence-corrected chi connectivity index (χ2v) is 6.94. The second kappa shape index (κ2) is 6.96. The summed E-state index contributed by atoms with van der Waals surface area (Å²) in [5.41, 5.74) is 3.86. The van der Waals surface area contributed by atoms with Crippen LogP contribution >= 0.6 is 0 Å². The monoisotopic (exact) mass is 341 g/mol. The molecule has 4 heteroatoms. The molecule has 0 fully saturated rings. The number of hydrogen-bond acceptors (Lipinski definition) is 4. The van der Waals surface area contributed by atoms with E-state index in [1.807, 2.05) is 12.1 Å². The molecule has 1 aliphatic heterocycles. The highest BCUT2D eigenvalue weighted by Gasteiger charge is 2.35. The van der Waals surface area contributed by atoms with Crippen molar-refractivity contribution < 1.29 is 14.2 Å². The molecule has 134 valence electrons. The smallest absolute Gasteiger partial charge is 0.161 e. The predicted octanol–water partition coefficient (Wildman–Crippen LogP) is 4.01. The van der Waals surface area contributed by atoms with Crippen LogP contribution < -0.4 is 14.2 Å². The molecule has 0 bridgehead atoms. The average molecular weight is 341 g/mol. The Morgan fingerprint density at radius 2 is 1.56 bits per heavy atom. The van der Waals surface area contributed by atoms with Crippen LogP contribution in [0.1, 0.15) is 30.5 Å². The lowest BCUT2D eigenvalue weighted by Crippen LogP contribution is -2.46. The maximum Gasteiger partial charge on any atom is 0.161 e. The van der Waals surface area contributed by atoms with Crippen LogP contribution in [0.4, 0.5) is 0 Å². The van der Waals surface area contributed by atoms with Gasteiger partial charge < -0.3 is 14.2 Å². The lowest BCUT2D eigenvalue weighted by atomic mass is 9.82. The minimum atomic E-state index is -0.0763. The van der Waals surface area contributed by atoms with E-state index in [4.69, 9.17) is 14.2 Å². The first kappa shape index (κ1) is 17.6. The first-order valence-corrected chi connectivity index (χ1v) is 8.63. The van der Waals surface area contributed by atoms with E-state index in [9.17, 15) is 0 Å². The summed E-state index contributed by atoms with van der Waals surface area (Å²) in [5.74, 6) is 2.49. The Kier molecular flexibility index (Phi) is 4.91. The second-order valence-electron chi connectivity index (χ2n) is 6.94. The molecule has 0 radical (unpaired) electrons. The van der Waals surface area contributed by atoms with Gasteiger partial charge in [0.2, 0.25) is 0 Å². The van der Waals surface area contributed by atoms with Crippen molar-refractivity contribution in [2.45, 2.75) is 32.4 Å². The molecule has 0 aromatic heterocycles. The minimum absolute atomic E-state index is 0.0763. The molecule has 0 N–H and O–H groups in total. The van der Waals surface area contributed by atoms with Gasteiger partial charge in [-0.05, 0) is 61.2 Å². The summed E-state index contributed by atoms with van der Waals surface area (Å²) >= 11 is 0. The molecule has 1 heterocycles. The van der Waals surface area contributed by atoms with Crippen molar-refractivity contribution in [2.24, 2.45) is 0 Å². The van der Waals surface area contributed by atoms with Gasteiger partial charge in [0.1, 0.15) is 5.75 Å². The van der Waals surface area contributed by atoms with Gasteiger partial charge in [0.25, 0.3) is 0 Å². The normalized spacial score (nSPS) is 16.2. The standard InChI is InChI=1S/C21H27NO3/c1-21(2)18-13-20(25-5)19(24-4)12-16(18)10-11-22(21)14-15-6-8-17(23-3)9-7-15/h6-9,12-13H,10-11,14H2,1-5H3. The lowest BCUT2D eigenvalue weighted by molar-refractivity contribution is 0.0977. The first-order chi connectivity index (χ1) is 12.0. The van der Waals surface area contributed by atoms with Gasteiger partial charge in [0, 0.05) is 18.6 Å². The summed E-state index contributed by atoms with van der Waals surface area (Å²) < 4.78 is 16.2. The zero-order valence-corrected chi connectivity index (χ0v) is 15.8. The van der Waals surface area contributed by atoms with E-state index in [0.29, 0.717) is 0 Å². The van der Waals surface area contributed by atoms with Crippen molar-refractivity contribution in [3.63, 3.8) is 0 Å². The molecule has 4 nitrogen and oxygen atoms in total. The molecule has 1 aliphatic rings. The van der Waals surface area contributed by atoms with E-state index in [0.717, 1.165) is 36.8 Å². The van der Waals surface area contributed by atoms with Crippen LogP contribution in [0.5, 0.6) is 17.2 Å². The van der Waals surface area contributed by atoms with Gasteiger partial charge in [-0.1, -0.05) is 12.1 Å². The number of rotatable bonds is 5. The van der Waals surface area contributed by atoms with Gasteiger partial charge in [-0.15, -0.1) is 0 Å². The molecular weight excluding hydrogens is 314 g/mol. The SMILES string of the molecule is COc1ccc(CN2CCc3cc(OC)c(OC)cc3C2(C)C)cc1. The zero-order chi connectivity index (χ0) is 18.0. The Morgan fingerprint density at radius 1 is 0.920 bits per heavy atom. The van der Waals surface area contributed by atoms with Crippen LogP contribution in [0.2, 0.25) is 0 Å².